The van der Waals surface area contributed by atoms with Crippen LogP contribution in [0.4, 0.5) is 0 Å². The van der Waals surface area contributed by atoms with E-state index < -0.39 is 63.0 Å². The highest BCUT2D eigenvalue weighted by Crippen LogP contribution is 2.52. The molecule has 4 rings (SSSR count). The second kappa shape index (κ2) is 15.5. The molecule has 3 aromatic rings. The Balaban J connectivity index is 1.73. The van der Waals surface area contributed by atoms with Crippen LogP contribution < -0.4 is 9.05 Å². The first-order chi connectivity index (χ1) is 21.1. The van der Waals surface area contributed by atoms with Gasteiger partial charge in [0.15, 0.2) is 12.2 Å². The Bertz CT molecular complexity index is 1370. The molecule has 13 heteroatoms. The van der Waals surface area contributed by atoms with Crippen LogP contribution >= 0.6 is 7.82 Å². The van der Waals surface area contributed by atoms with Gasteiger partial charge in [-0.05, 0) is 29.8 Å². The summed E-state index contributed by atoms with van der Waals surface area (Å²) < 4.78 is 60.2. The maximum Gasteiger partial charge on any atom is 0.590 e. The number of carbonyl (C=O) groups excluding carboxylic acids is 3. The van der Waals surface area contributed by atoms with Crippen LogP contribution in [0.5, 0.6) is 11.5 Å². The monoisotopic (exact) mass is 628 g/mol. The second-order valence-corrected chi connectivity index (χ2v) is 11.1. The van der Waals surface area contributed by atoms with E-state index in [-0.39, 0.29) is 18.1 Å². The summed E-state index contributed by atoms with van der Waals surface area (Å²) in [5, 5.41) is 0. The highest BCUT2D eigenvalue weighted by molar-refractivity contribution is 7.49. The van der Waals surface area contributed by atoms with Crippen molar-refractivity contribution in [3.05, 3.63) is 96.6 Å². The molecule has 0 unspecified atom stereocenters. The molecule has 0 bridgehead atoms. The zero-order valence-corrected chi connectivity index (χ0v) is 25.2. The third-order valence-electron chi connectivity index (χ3n) is 6.09. The predicted octanol–water partition coefficient (Wildman–Crippen LogP) is 5.01. The van der Waals surface area contributed by atoms with Crippen molar-refractivity contribution in [2.75, 3.05) is 6.61 Å². The van der Waals surface area contributed by atoms with Crippen LogP contribution in [0.3, 0.4) is 0 Å². The number of phosphoric acid groups is 1. The standard InChI is InChI=1S/C31H33O12P/c1-21(32)36-20-27-28(38-22(2)33)29(37-19-24-13-7-4-8-14-24)30(39-23(3)34)31(40-27)43-44(35,41-25-15-9-5-10-16-25)42-26-17-11-6-12-18-26/h4-18,27-31H,19-20H2,1-3H3/t27-,28-,29+,30+,31-/m1/s1. The lowest BCUT2D eigenvalue weighted by molar-refractivity contribution is -0.296. The number of hydrogen-bond donors (Lipinski definition) is 0. The molecule has 1 saturated heterocycles. The normalized spacial score (nSPS) is 21.5. The third-order valence-corrected chi connectivity index (χ3v) is 7.42. The molecule has 1 fully saturated rings. The summed E-state index contributed by atoms with van der Waals surface area (Å²) in [5.74, 6) is -1.80. The van der Waals surface area contributed by atoms with E-state index in [1.165, 1.54) is 13.8 Å². The van der Waals surface area contributed by atoms with Gasteiger partial charge in [-0.25, -0.2) is 9.09 Å². The number of hydrogen-bond acceptors (Lipinski definition) is 12. The lowest BCUT2D eigenvalue weighted by Crippen LogP contribution is -2.62. The van der Waals surface area contributed by atoms with Crippen molar-refractivity contribution in [1.82, 2.24) is 0 Å². The van der Waals surface area contributed by atoms with Crippen molar-refractivity contribution in [3.8, 4) is 11.5 Å². The molecule has 5 atom stereocenters. The van der Waals surface area contributed by atoms with Gasteiger partial charge in [0, 0.05) is 20.8 Å². The Morgan fingerprint density at radius 2 is 1.18 bits per heavy atom. The van der Waals surface area contributed by atoms with E-state index in [0.717, 1.165) is 12.5 Å². The van der Waals surface area contributed by atoms with Gasteiger partial charge >= 0.3 is 25.7 Å². The third kappa shape index (κ3) is 9.65. The number of rotatable bonds is 13. The molecule has 1 aliphatic heterocycles. The van der Waals surface area contributed by atoms with Gasteiger partial charge in [0.25, 0.3) is 0 Å². The van der Waals surface area contributed by atoms with Crippen LogP contribution in [0.15, 0.2) is 91.0 Å². The Morgan fingerprint density at radius 1 is 0.682 bits per heavy atom. The highest BCUT2D eigenvalue weighted by atomic mass is 31.2. The summed E-state index contributed by atoms with van der Waals surface area (Å²) in [7, 11) is -4.62. The molecule has 0 saturated carbocycles. The molecule has 0 radical (unpaired) electrons. The van der Waals surface area contributed by atoms with Gasteiger partial charge in [-0.15, -0.1) is 0 Å². The van der Waals surface area contributed by atoms with Crippen molar-refractivity contribution in [2.24, 2.45) is 0 Å². The van der Waals surface area contributed by atoms with Crippen molar-refractivity contribution in [1.29, 1.82) is 0 Å². The number of phosphoric ester groups is 1. The van der Waals surface area contributed by atoms with Gasteiger partial charge in [0.2, 0.25) is 6.29 Å². The quantitative estimate of drug-likeness (QED) is 0.143. The van der Waals surface area contributed by atoms with E-state index in [1.807, 2.05) is 18.2 Å². The maximum atomic E-state index is 14.3. The fourth-order valence-electron chi connectivity index (χ4n) is 4.31. The van der Waals surface area contributed by atoms with E-state index in [4.69, 9.17) is 37.3 Å². The molecule has 1 aliphatic rings. The van der Waals surface area contributed by atoms with Gasteiger partial charge in [0.1, 0.15) is 30.3 Å². The van der Waals surface area contributed by atoms with E-state index in [9.17, 15) is 18.9 Å². The van der Waals surface area contributed by atoms with Gasteiger partial charge in [-0.2, -0.15) is 0 Å². The summed E-state index contributed by atoms with van der Waals surface area (Å²) in [6.45, 7) is 3.10. The van der Waals surface area contributed by atoms with Crippen molar-refractivity contribution < 1.29 is 56.2 Å². The van der Waals surface area contributed by atoms with Crippen LogP contribution in [0, 0.1) is 0 Å². The maximum absolute atomic E-state index is 14.3. The number of esters is 3. The molecule has 0 N–H and O–H groups in total. The summed E-state index contributed by atoms with van der Waals surface area (Å²) in [4.78, 5) is 36.3. The molecule has 3 aromatic carbocycles. The van der Waals surface area contributed by atoms with Crippen LogP contribution in [0.2, 0.25) is 0 Å². The zero-order valence-electron chi connectivity index (χ0n) is 24.3. The average molecular weight is 629 g/mol. The zero-order chi connectivity index (χ0) is 31.5. The highest BCUT2D eigenvalue weighted by Gasteiger charge is 2.54. The number of carbonyl (C=O) groups is 3. The van der Waals surface area contributed by atoms with E-state index >= 15 is 0 Å². The molecular weight excluding hydrogens is 595 g/mol. The minimum absolute atomic E-state index is 0.00721. The van der Waals surface area contributed by atoms with Gasteiger partial charge in [0.05, 0.1) is 6.61 Å². The van der Waals surface area contributed by atoms with E-state index in [1.54, 1.807) is 72.8 Å². The van der Waals surface area contributed by atoms with Crippen molar-refractivity contribution in [3.63, 3.8) is 0 Å². The smallest absolute Gasteiger partial charge is 0.463 e. The van der Waals surface area contributed by atoms with Crippen molar-refractivity contribution in [2.45, 2.75) is 58.1 Å². The first-order valence-corrected chi connectivity index (χ1v) is 15.1. The minimum atomic E-state index is -4.62. The summed E-state index contributed by atoms with van der Waals surface area (Å²) in [6, 6.07) is 25.3. The Morgan fingerprint density at radius 3 is 1.68 bits per heavy atom. The molecule has 0 amide bonds. The summed E-state index contributed by atoms with van der Waals surface area (Å²) in [5.41, 5.74) is 0.752. The average Bonchev–Trinajstić information content (AvgIpc) is 2.98. The molecule has 0 spiro atoms. The molecule has 0 aromatic heterocycles. The van der Waals surface area contributed by atoms with Crippen LogP contribution in [-0.2, 0) is 53.8 Å². The van der Waals surface area contributed by atoms with Crippen LogP contribution in [0.25, 0.3) is 0 Å². The molecule has 1 heterocycles. The molecule has 0 aliphatic carbocycles. The Hall–Kier alpha value is -4.22. The first kappa shape index (κ1) is 32.7. The topological polar surface area (TPSA) is 142 Å². The van der Waals surface area contributed by atoms with Gasteiger partial charge in [-0.1, -0.05) is 66.7 Å². The molecule has 12 nitrogen and oxygen atoms in total. The van der Waals surface area contributed by atoms with Crippen molar-refractivity contribution >= 4 is 25.7 Å². The Kier molecular flexibility index (Phi) is 11.5. The number of ether oxygens (including phenoxy) is 5. The number of benzene rings is 3. The van der Waals surface area contributed by atoms with E-state index in [2.05, 4.69) is 0 Å². The fourth-order valence-corrected chi connectivity index (χ4v) is 5.62. The molecule has 44 heavy (non-hydrogen) atoms. The first-order valence-electron chi connectivity index (χ1n) is 13.7. The van der Waals surface area contributed by atoms with Crippen LogP contribution in [0.1, 0.15) is 26.3 Å². The number of para-hydroxylation sites is 2. The summed E-state index contributed by atoms with van der Waals surface area (Å²) >= 11 is 0. The fraction of sp³-hybridized carbons (Fsp3) is 0.323. The largest absolute Gasteiger partial charge is 0.590 e. The lowest BCUT2D eigenvalue weighted by atomic mass is 9.98. The summed E-state index contributed by atoms with van der Waals surface area (Å²) in [6.07, 6.45) is -6.83. The van der Waals surface area contributed by atoms with Gasteiger partial charge < -0.3 is 32.7 Å². The Labute approximate surface area is 254 Å². The predicted molar refractivity (Wildman–Crippen MR) is 154 cm³/mol. The molecule has 234 valence electrons. The molecular formula is C31H33O12P. The second-order valence-electron chi connectivity index (χ2n) is 9.62. The van der Waals surface area contributed by atoms with Crippen LogP contribution in [-0.4, -0.2) is 55.2 Å². The SMILES string of the molecule is CC(=O)OC[C@H]1O[C@H](OP(=O)(Oc2ccccc2)Oc2ccccc2)[C@@H](OC(C)=O)[C@@H](OCc2ccccc2)[C@@H]1OC(C)=O. The minimum Gasteiger partial charge on any atom is -0.463 e. The lowest BCUT2D eigenvalue weighted by Gasteiger charge is -2.44. The van der Waals surface area contributed by atoms with Gasteiger partial charge in [-0.3, -0.25) is 14.4 Å². The van der Waals surface area contributed by atoms with E-state index in [0.29, 0.717) is 0 Å².